The first-order valence-electron chi connectivity index (χ1n) is 5.83. The van der Waals surface area contributed by atoms with E-state index in [1.807, 2.05) is 25.1 Å². The van der Waals surface area contributed by atoms with Gasteiger partial charge in [0.05, 0.1) is 6.21 Å². The van der Waals surface area contributed by atoms with Crippen LogP contribution < -0.4 is 11.0 Å². The number of aromatic amines is 1. The Balaban J connectivity index is 2.13. The van der Waals surface area contributed by atoms with Crippen LogP contribution in [-0.4, -0.2) is 16.2 Å². The number of rotatable bonds is 4. The van der Waals surface area contributed by atoms with Gasteiger partial charge in [-0.05, 0) is 12.5 Å². The van der Waals surface area contributed by atoms with Crippen molar-refractivity contribution in [3.63, 3.8) is 0 Å². The molecule has 0 aliphatic heterocycles. The van der Waals surface area contributed by atoms with Crippen molar-refractivity contribution in [2.45, 2.75) is 13.3 Å². The molecule has 2 aromatic rings. The van der Waals surface area contributed by atoms with Crippen LogP contribution in [0.1, 0.15) is 18.2 Å². The van der Waals surface area contributed by atoms with Crippen molar-refractivity contribution in [2.24, 2.45) is 5.10 Å². The number of hydrogen-bond donors (Lipinski definition) is 2. The maximum Gasteiger partial charge on any atom is 0.252 e. The van der Waals surface area contributed by atoms with Gasteiger partial charge in [-0.3, -0.25) is 9.78 Å². The summed E-state index contributed by atoms with van der Waals surface area (Å²) in [5.74, 6) is 0.313. The topological polar surface area (TPSA) is 70.1 Å². The molecule has 1 aromatic heterocycles. The Kier molecular flexibility index (Phi) is 4.30. The van der Waals surface area contributed by atoms with Gasteiger partial charge in [-0.15, -0.1) is 0 Å². The molecular weight excluding hydrogens is 264 g/mol. The third kappa shape index (κ3) is 3.66. The number of benzene rings is 1. The van der Waals surface area contributed by atoms with Gasteiger partial charge >= 0.3 is 0 Å². The van der Waals surface area contributed by atoms with E-state index >= 15 is 0 Å². The molecule has 1 heterocycles. The summed E-state index contributed by atoms with van der Waals surface area (Å²) in [5.41, 5.74) is 3.96. The zero-order chi connectivity index (χ0) is 13.7. The summed E-state index contributed by atoms with van der Waals surface area (Å²) in [6.45, 7) is 1.93. The van der Waals surface area contributed by atoms with E-state index in [1.165, 1.54) is 6.07 Å². The van der Waals surface area contributed by atoms with Crippen LogP contribution in [0, 0.1) is 0 Å². The molecule has 2 rings (SSSR count). The smallest absolute Gasteiger partial charge is 0.252 e. The monoisotopic (exact) mass is 276 g/mol. The summed E-state index contributed by atoms with van der Waals surface area (Å²) in [6, 6.07) is 8.79. The lowest BCUT2D eigenvalue weighted by molar-refractivity contribution is 0.974. The second-order valence-electron chi connectivity index (χ2n) is 3.83. The van der Waals surface area contributed by atoms with Crippen LogP contribution in [0.3, 0.4) is 0 Å². The molecule has 0 aliphatic carbocycles. The first-order chi connectivity index (χ1) is 9.19. The minimum absolute atomic E-state index is 0.206. The summed E-state index contributed by atoms with van der Waals surface area (Å²) < 4.78 is 0. The highest BCUT2D eigenvalue weighted by Gasteiger charge is 1.98. The number of aromatic nitrogens is 2. The molecule has 0 spiro atoms. The fraction of sp³-hybridized carbons (Fsp3) is 0.154. The molecule has 0 aliphatic rings. The Morgan fingerprint density at radius 2 is 2.26 bits per heavy atom. The fourth-order valence-corrected chi connectivity index (χ4v) is 1.67. The van der Waals surface area contributed by atoms with Crippen molar-refractivity contribution in [3.05, 3.63) is 57.0 Å². The number of nitrogens with zero attached hydrogens (tertiary/aromatic N) is 2. The largest absolute Gasteiger partial charge is 0.291 e. The molecule has 0 atom stereocenters. The van der Waals surface area contributed by atoms with Crippen molar-refractivity contribution in [1.29, 1.82) is 0 Å². The molecule has 0 amide bonds. The van der Waals surface area contributed by atoms with E-state index in [-0.39, 0.29) is 5.56 Å². The molecule has 0 bridgehead atoms. The zero-order valence-corrected chi connectivity index (χ0v) is 11.1. The first kappa shape index (κ1) is 13.3. The number of aryl methyl sites for hydroxylation is 1. The molecule has 2 N–H and O–H groups in total. The molecule has 0 saturated heterocycles. The standard InChI is InChI=1S/C13H13ClN4O/c1-2-10-7-12(19)17-13(16-10)18-15-8-9-5-3-4-6-11(9)14/h3-8H,2H2,1H3,(H2,16,17,18,19)/b15-8-. The molecule has 6 heteroatoms. The normalized spacial score (nSPS) is 10.8. The quantitative estimate of drug-likeness (QED) is 0.665. The SMILES string of the molecule is CCc1cc(=O)[nH]c(N/N=C\c2ccccc2Cl)n1. The number of halogens is 1. The zero-order valence-electron chi connectivity index (χ0n) is 10.4. The molecule has 1 aromatic carbocycles. The highest BCUT2D eigenvalue weighted by Crippen LogP contribution is 2.12. The Bertz CT molecular complexity index is 651. The van der Waals surface area contributed by atoms with Crippen LogP contribution in [0.4, 0.5) is 5.95 Å². The van der Waals surface area contributed by atoms with E-state index in [0.29, 0.717) is 23.1 Å². The van der Waals surface area contributed by atoms with Crippen LogP contribution in [0.2, 0.25) is 5.02 Å². The van der Waals surface area contributed by atoms with Gasteiger partial charge in [0, 0.05) is 22.3 Å². The highest BCUT2D eigenvalue weighted by molar-refractivity contribution is 6.33. The third-order valence-electron chi connectivity index (χ3n) is 2.44. The number of nitrogens with one attached hydrogen (secondary N) is 2. The summed E-state index contributed by atoms with van der Waals surface area (Å²) in [7, 11) is 0. The van der Waals surface area contributed by atoms with Gasteiger partial charge in [0.2, 0.25) is 5.95 Å². The van der Waals surface area contributed by atoms with Crippen LogP contribution in [0.15, 0.2) is 40.2 Å². The summed E-state index contributed by atoms with van der Waals surface area (Å²) in [6.07, 6.45) is 2.26. The molecule has 0 saturated carbocycles. The number of hydrazone groups is 1. The minimum atomic E-state index is -0.206. The Labute approximate surface area is 115 Å². The first-order valence-corrected chi connectivity index (χ1v) is 6.20. The number of anilines is 1. The van der Waals surface area contributed by atoms with E-state index in [1.54, 1.807) is 12.3 Å². The molecule has 98 valence electrons. The van der Waals surface area contributed by atoms with Gasteiger partial charge < -0.3 is 0 Å². The molecular formula is C13H13ClN4O. The highest BCUT2D eigenvalue weighted by atomic mass is 35.5. The summed E-state index contributed by atoms with van der Waals surface area (Å²) >= 11 is 5.99. The minimum Gasteiger partial charge on any atom is -0.291 e. The van der Waals surface area contributed by atoms with Gasteiger partial charge in [-0.2, -0.15) is 5.10 Å². The lowest BCUT2D eigenvalue weighted by Gasteiger charge is -2.01. The molecule has 0 radical (unpaired) electrons. The van der Waals surface area contributed by atoms with Crippen LogP contribution in [0.5, 0.6) is 0 Å². The lowest BCUT2D eigenvalue weighted by atomic mass is 10.2. The van der Waals surface area contributed by atoms with Gasteiger partial charge in [0.25, 0.3) is 5.56 Å². The van der Waals surface area contributed by atoms with E-state index in [9.17, 15) is 4.79 Å². The Morgan fingerprint density at radius 3 is 3.00 bits per heavy atom. The van der Waals surface area contributed by atoms with E-state index in [2.05, 4.69) is 20.5 Å². The van der Waals surface area contributed by atoms with Gasteiger partial charge in [0.15, 0.2) is 0 Å². The van der Waals surface area contributed by atoms with Crippen LogP contribution >= 0.6 is 11.6 Å². The van der Waals surface area contributed by atoms with Crippen molar-refractivity contribution in [2.75, 3.05) is 5.43 Å². The third-order valence-corrected chi connectivity index (χ3v) is 2.78. The molecule has 0 unspecified atom stereocenters. The predicted octanol–water partition coefficient (Wildman–Crippen LogP) is 2.43. The van der Waals surface area contributed by atoms with Crippen molar-refractivity contribution in [1.82, 2.24) is 9.97 Å². The fourth-order valence-electron chi connectivity index (χ4n) is 1.48. The molecule has 0 fully saturated rings. The molecule has 5 nitrogen and oxygen atoms in total. The van der Waals surface area contributed by atoms with Crippen LogP contribution in [-0.2, 0) is 6.42 Å². The average molecular weight is 277 g/mol. The Hall–Kier alpha value is -2.14. The summed E-state index contributed by atoms with van der Waals surface area (Å²) in [4.78, 5) is 18.1. The van der Waals surface area contributed by atoms with Crippen molar-refractivity contribution in [3.8, 4) is 0 Å². The Morgan fingerprint density at radius 1 is 1.47 bits per heavy atom. The number of hydrogen-bond acceptors (Lipinski definition) is 4. The van der Waals surface area contributed by atoms with E-state index in [0.717, 1.165) is 5.56 Å². The van der Waals surface area contributed by atoms with Crippen molar-refractivity contribution >= 4 is 23.8 Å². The predicted molar refractivity (Wildman–Crippen MR) is 76.9 cm³/mol. The van der Waals surface area contributed by atoms with Crippen molar-refractivity contribution < 1.29 is 0 Å². The second-order valence-corrected chi connectivity index (χ2v) is 4.24. The lowest BCUT2D eigenvalue weighted by Crippen LogP contribution is -2.11. The second kappa shape index (κ2) is 6.15. The van der Waals surface area contributed by atoms with Gasteiger partial charge in [-0.25, -0.2) is 10.4 Å². The number of H-pyrrole nitrogens is 1. The van der Waals surface area contributed by atoms with E-state index in [4.69, 9.17) is 11.6 Å². The van der Waals surface area contributed by atoms with Crippen LogP contribution in [0.25, 0.3) is 0 Å². The van der Waals surface area contributed by atoms with Gasteiger partial charge in [-0.1, -0.05) is 36.7 Å². The van der Waals surface area contributed by atoms with Gasteiger partial charge in [0.1, 0.15) is 0 Å². The average Bonchev–Trinajstić information content (AvgIpc) is 2.40. The maximum atomic E-state index is 11.3. The van der Waals surface area contributed by atoms with E-state index < -0.39 is 0 Å². The summed E-state index contributed by atoms with van der Waals surface area (Å²) in [5, 5.41) is 4.61. The maximum absolute atomic E-state index is 11.3. The molecule has 19 heavy (non-hydrogen) atoms.